The van der Waals surface area contributed by atoms with Crippen LogP contribution in [0.2, 0.25) is 0 Å². The second-order valence-corrected chi connectivity index (χ2v) is 4.86. The van der Waals surface area contributed by atoms with E-state index in [1.165, 1.54) is 64.8 Å². The summed E-state index contributed by atoms with van der Waals surface area (Å²) in [6, 6.07) is 0. The third-order valence-electron chi connectivity index (χ3n) is 3.38. The van der Waals surface area contributed by atoms with Gasteiger partial charge in [0.05, 0.1) is 0 Å². The minimum absolute atomic E-state index is 0.968. The minimum Gasteiger partial charge on any atom is -0.316 e. The molecule has 0 amide bonds. The first-order valence-corrected chi connectivity index (χ1v) is 6.79. The van der Waals surface area contributed by atoms with Crippen LogP contribution in [-0.4, -0.2) is 37.6 Å². The van der Waals surface area contributed by atoms with Crippen molar-refractivity contribution >= 4 is 0 Å². The van der Waals surface area contributed by atoms with Crippen LogP contribution in [0.25, 0.3) is 0 Å². The molecule has 0 bridgehead atoms. The molecule has 15 heavy (non-hydrogen) atoms. The molecule has 0 atom stereocenters. The number of nitrogens with one attached hydrogen (secondary N) is 1. The molecule has 90 valence electrons. The fourth-order valence-corrected chi connectivity index (χ4v) is 2.02. The van der Waals surface area contributed by atoms with Crippen molar-refractivity contribution < 1.29 is 0 Å². The Labute approximate surface area is 95.4 Å². The molecule has 1 fully saturated rings. The predicted octanol–water partition coefficient (Wildman–Crippen LogP) is 2.50. The Hall–Kier alpha value is -0.0800. The van der Waals surface area contributed by atoms with Crippen molar-refractivity contribution in [2.75, 3.05) is 32.7 Å². The van der Waals surface area contributed by atoms with Crippen molar-refractivity contribution in [1.29, 1.82) is 0 Å². The summed E-state index contributed by atoms with van der Waals surface area (Å²) in [5, 5.41) is 3.35. The quantitative estimate of drug-likeness (QED) is 0.632. The van der Waals surface area contributed by atoms with Gasteiger partial charge >= 0.3 is 0 Å². The van der Waals surface area contributed by atoms with Crippen LogP contribution in [0, 0.1) is 5.92 Å². The Balaban J connectivity index is 2.08. The largest absolute Gasteiger partial charge is 0.316 e. The number of hydrogen-bond donors (Lipinski definition) is 1. The monoisotopic (exact) mass is 212 g/mol. The maximum absolute atomic E-state index is 3.35. The van der Waals surface area contributed by atoms with Gasteiger partial charge in [-0.15, -0.1) is 0 Å². The highest BCUT2D eigenvalue weighted by atomic mass is 15.1. The van der Waals surface area contributed by atoms with Crippen LogP contribution < -0.4 is 5.32 Å². The minimum atomic E-state index is 0.968. The number of hydrogen-bond acceptors (Lipinski definition) is 2. The first-order chi connectivity index (χ1) is 7.36. The lowest BCUT2D eigenvalue weighted by Gasteiger charge is -2.30. The van der Waals surface area contributed by atoms with Crippen molar-refractivity contribution in [2.24, 2.45) is 5.92 Å². The summed E-state index contributed by atoms with van der Waals surface area (Å²) in [6.07, 6.45) is 6.79. The maximum Gasteiger partial charge on any atom is -0.000778 e. The zero-order valence-corrected chi connectivity index (χ0v) is 10.6. The van der Waals surface area contributed by atoms with Crippen molar-refractivity contribution in [3.63, 3.8) is 0 Å². The SMILES string of the molecule is CCCCN(CCCC)CCC1CNC1. The van der Waals surface area contributed by atoms with Gasteiger partial charge in [-0.05, 0) is 57.9 Å². The molecule has 1 N–H and O–H groups in total. The zero-order chi connectivity index (χ0) is 10.9. The lowest BCUT2D eigenvalue weighted by atomic mass is 9.99. The van der Waals surface area contributed by atoms with Crippen molar-refractivity contribution in [3.8, 4) is 0 Å². The van der Waals surface area contributed by atoms with Gasteiger partial charge in [0.2, 0.25) is 0 Å². The molecule has 0 spiro atoms. The zero-order valence-electron chi connectivity index (χ0n) is 10.6. The second-order valence-electron chi connectivity index (χ2n) is 4.86. The number of nitrogens with zero attached hydrogens (tertiary/aromatic N) is 1. The molecule has 0 radical (unpaired) electrons. The molecule has 0 saturated carbocycles. The van der Waals surface area contributed by atoms with Crippen LogP contribution in [0.3, 0.4) is 0 Å². The van der Waals surface area contributed by atoms with Gasteiger partial charge in [0.15, 0.2) is 0 Å². The fourth-order valence-electron chi connectivity index (χ4n) is 2.02. The standard InChI is InChI=1S/C13H28N2/c1-3-5-8-15(9-6-4-2)10-7-13-11-14-12-13/h13-14H,3-12H2,1-2H3. The molecule has 1 rings (SSSR count). The van der Waals surface area contributed by atoms with E-state index in [1.54, 1.807) is 0 Å². The molecule has 2 nitrogen and oxygen atoms in total. The third kappa shape index (κ3) is 5.53. The van der Waals surface area contributed by atoms with Crippen LogP contribution in [0.4, 0.5) is 0 Å². The first kappa shape index (κ1) is 13.0. The topological polar surface area (TPSA) is 15.3 Å². The molecular formula is C13H28N2. The summed E-state index contributed by atoms with van der Waals surface area (Å²) in [5.74, 6) is 0.968. The smallest absolute Gasteiger partial charge is 0.000778 e. The summed E-state index contributed by atoms with van der Waals surface area (Å²) in [5.41, 5.74) is 0. The molecule has 1 aliphatic rings. The summed E-state index contributed by atoms with van der Waals surface area (Å²) < 4.78 is 0. The molecule has 1 heterocycles. The van der Waals surface area contributed by atoms with Gasteiger partial charge in [-0.2, -0.15) is 0 Å². The Bertz CT molecular complexity index is 135. The summed E-state index contributed by atoms with van der Waals surface area (Å²) in [7, 11) is 0. The van der Waals surface area contributed by atoms with Gasteiger partial charge in [0.1, 0.15) is 0 Å². The molecule has 0 aromatic rings. The van der Waals surface area contributed by atoms with Gasteiger partial charge in [-0.3, -0.25) is 0 Å². The molecule has 0 aliphatic carbocycles. The van der Waals surface area contributed by atoms with E-state index in [1.807, 2.05) is 0 Å². The molecule has 0 aromatic heterocycles. The van der Waals surface area contributed by atoms with E-state index >= 15 is 0 Å². The summed E-state index contributed by atoms with van der Waals surface area (Å²) in [6.45, 7) is 11.0. The van der Waals surface area contributed by atoms with E-state index in [0.29, 0.717) is 0 Å². The van der Waals surface area contributed by atoms with Gasteiger partial charge in [0, 0.05) is 0 Å². The Morgan fingerprint density at radius 2 is 1.60 bits per heavy atom. The molecule has 2 heteroatoms. The highest BCUT2D eigenvalue weighted by Gasteiger charge is 2.17. The molecule has 0 aromatic carbocycles. The average molecular weight is 212 g/mol. The van der Waals surface area contributed by atoms with Crippen LogP contribution in [0.15, 0.2) is 0 Å². The maximum atomic E-state index is 3.35. The van der Waals surface area contributed by atoms with Crippen molar-refractivity contribution in [3.05, 3.63) is 0 Å². The van der Waals surface area contributed by atoms with Gasteiger partial charge < -0.3 is 10.2 Å². The predicted molar refractivity (Wildman–Crippen MR) is 67.2 cm³/mol. The van der Waals surface area contributed by atoms with Crippen LogP contribution in [0.5, 0.6) is 0 Å². The highest BCUT2D eigenvalue weighted by molar-refractivity contribution is 4.75. The Kier molecular flexibility index (Phi) is 7.03. The lowest BCUT2D eigenvalue weighted by molar-refractivity contribution is 0.221. The van der Waals surface area contributed by atoms with Crippen LogP contribution >= 0.6 is 0 Å². The molecule has 1 saturated heterocycles. The normalized spacial score (nSPS) is 17.0. The van der Waals surface area contributed by atoms with E-state index in [0.717, 1.165) is 5.92 Å². The second kappa shape index (κ2) is 8.12. The van der Waals surface area contributed by atoms with Crippen molar-refractivity contribution in [2.45, 2.75) is 46.0 Å². The number of unbranched alkanes of at least 4 members (excludes halogenated alkanes) is 2. The molecular weight excluding hydrogens is 184 g/mol. The molecule has 0 unspecified atom stereocenters. The first-order valence-electron chi connectivity index (χ1n) is 6.79. The van der Waals surface area contributed by atoms with E-state index in [2.05, 4.69) is 24.1 Å². The van der Waals surface area contributed by atoms with Crippen molar-refractivity contribution in [1.82, 2.24) is 10.2 Å². The van der Waals surface area contributed by atoms with Gasteiger partial charge in [0.25, 0.3) is 0 Å². The third-order valence-corrected chi connectivity index (χ3v) is 3.38. The van der Waals surface area contributed by atoms with Gasteiger partial charge in [-0.1, -0.05) is 26.7 Å². The highest BCUT2D eigenvalue weighted by Crippen LogP contribution is 2.10. The molecule has 1 aliphatic heterocycles. The number of rotatable bonds is 9. The Morgan fingerprint density at radius 3 is 2.00 bits per heavy atom. The van der Waals surface area contributed by atoms with E-state index in [4.69, 9.17) is 0 Å². The lowest BCUT2D eigenvalue weighted by Crippen LogP contribution is -2.43. The Morgan fingerprint density at radius 1 is 1.00 bits per heavy atom. The van der Waals surface area contributed by atoms with Gasteiger partial charge in [-0.25, -0.2) is 0 Å². The average Bonchev–Trinajstić information content (AvgIpc) is 2.19. The van der Waals surface area contributed by atoms with E-state index in [9.17, 15) is 0 Å². The summed E-state index contributed by atoms with van der Waals surface area (Å²) >= 11 is 0. The summed E-state index contributed by atoms with van der Waals surface area (Å²) in [4.78, 5) is 2.67. The fraction of sp³-hybridized carbons (Fsp3) is 1.00. The van der Waals surface area contributed by atoms with E-state index in [-0.39, 0.29) is 0 Å². The van der Waals surface area contributed by atoms with Crippen LogP contribution in [-0.2, 0) is 0 Å². The van der Waals surface area contributed by atoms with E-state index < -0.39 is 0 Å². The van der Waals surface area contributed by atoms with Crippen LogP contribution in [0.1, 0.15) is 46.0 Å².